The number of nitrogen functional groups attached to an aromatic ring is 1. The normalized spacial score (nSPS) is 10.4. The second-order valence-corrected chi connectivity index (χ2v) is 3.73. The molecular formula is C12H18N2O5. The number of hydrogen-bond donors (Lipinski definition) is 2. The van der Waals surface area contributed by atoms with Crippen LogP contribution in [0.5, 0.6) is 5.88 Å². The lowest BCUT2D eigenvalue weighted by Gasteiger charge is -2.08. The standard InChI is InChI=1S/C12H18N2O5/c1-17-5-6-18-3-2-4-19-11-10(13)7-9(8-14-11)12(15)16/h7-8H,2-6,13H2,1H3,(H,15,16). The van der Waals surface area contributed by atoms with Crippen molar-refractivity contribution in [1.82, 2.24) is 4.98 Å². The molecule has 0 spiro atoms. The number of carboxylic acid groups (broad SMARTS) is 1. The van der Waals surface area contributed by atoms with E-state index in [0.717, 1.165) is 0 Å². The summed E-state index contributed by atoms with van der Waals surface area (Å²) in [6.07, 6.45) is 1.90. The molecule has 7 heteroatoms. The molecule has 0 aliphatic rings. The van der Waals surface area contributed by atoms with Crippen LogP contribution in [0.3, 0.4) is 0 Å². The molecule has 0 radical (unpaired) electrons. The molecule has 19 heavy (non-hydrogen) atoms. The Balaban J connectivity index is 2.28. The van der Waals surface area contributed by atoms with Crippen molar-refractivity contribution in [2.45, 2.75) is 6.42 Å². The summed E-state index contributed by atoms with van der Waals surface area (Å²) in [5, 5.41) is 8.75. The molecule has 0 saturated carbocycles. The highest BCUT2D eigenvalue weighted by molar-refractivity contribution is 5.88. The molecule has 7 nitrogen and oxygen atoms in total. The number of carbonyl (C=O) groups is 1. The lowest BCUT2D eigenvalue weighted by molar-refractivity contribution is 0.0642. The highest BCUT2D eigenvalue weighted by Gasteiger charge is 2.08. The Morgan fingerprint density at radius 3 is 2.79 bits per heavy atom. The summed E-state index contributed by atoms with van der Waals surface area (Å²) in [4.78, 5) is 14.5. The number of anilines is 1. The number of rotatable bonds is 9. The summed E-state index contributed by atoms with van der Waals surface area (Å²) in [6.45, 7) is 2.06. The lowest BCUT2D eigenvalue weighted by atomic mass is 10.2. The van der Waals surface area contributed by atoms with Gasteiger partial charge in [0.05, 0.1) is 31.1 Å². The highest BCUT2D eigenvalue weighted by Crippen LogP contribution is 2.18. The summed E-state index contributed by atoms with van der Waals surface area (Å²) < 4.78 is 15.4. The first-order valence-corrected chi connectivity index (χ1v) is 5.83. The molecule has 1 heterocycles. The first kappa shape index (κ1) is 15.2. The van der Waals surface area contributed by atoms with Crippen LogP contribution < -0.4 is 10.5 Å². The smallest absolute Gasteiger partial charge is 0.337 e. The fourth-order valence-corrected chi connectivity index (χ4v) is 1.28. The van der Waals surface area contributed by atoms with Gasteiger partial charge < -0.3 is 25.1 Å². The lowest BCUT2D eigenvalue weighted by Crippen LogP contribution is -2.09. The molecule has 0 unspecified atom stereocenters. The van der Waals surface area contributed by atoms with Gasteiger partial charge in [-0.05, 0) is 6.07 Å². The van der Waals surface area contributed by atoms with Crippen LogP contribution in [0.25, 0.3) is 0 Å². The number of hydrogen-bond acceptors (Lipinski definition) is 6. The second-order valence-electron chi connectivity index (χ2n) is 3.73. The molecule has 0 atom stereocenters. The fourth-order valence-electron chi connectivity index (χ4n) is 1.28. The van der Waals surface area contributed by atoms with Crippen LogP contribution in [0, 0.1) is 0 Å². The maximum atomic E-state index is 10.7. The van der Waals surface area contributed by atoms with Gasteiger partial charge in [0.25, 0.3) is 0 Å². The van der Waals surface area contributed by atoms with E-state index in [1.165, 1.54) is 12.3 Å². The molecule has 106 valence electrons. The molecule has 0 saturated heterocycles. The van der Waals surface area contributed by atoms with Crippen molar-refractivity contribution in [1.29, 1.82) is 0 Å². The van der Waals surface area contributed by atoms with Gasteiger partial charge in [0.15, 0.2) is 0 Å². The predicted octanol–water partition coefficient (Wildman–Crippen LogP) is 0.794. The molecule has 3 N–H and O–H groups in total. The Kier molecular flexibility index (Phi) is 6.62. The summed E-state index contributed by atoms with van der Waals surface area (Å²) in [5.74, 6) is -0.834. The zero-order valence-electron chi connectivity index (χ0n) is 10.8. The Morgan fingerprint density at radius 2 is 2.16 bits per heavy atom. The van der Waals surface area contributed by atoms with E-state index in [1.807, 2.05) is 0 Å². The number of nitrogens with two attached hydrogens (primary N) is 1. The van der Waals surface area contributed by atoms with Gasteiger partial charge in [0.2, 0.25) is 5.88 Å². The Labute approximate surface area is 111 Å². The van der Waals surface area contributed by atoms with Gasteiger partial charge >= 0.3 is 5.97 Å². The quantitative estimate of drug-likeness (QED) is 0.639. The van der Waals surface area contributed by atoms with Gasteiger partial charge in [-0.3, -0.25) is 0 Å². The predicted molar refractivity (Wildman–Crippen MR) is 68.4 cm³/mol. The summed E-state index contributed by atoms with van der Waals surface area (Å²) in [5.41, 5.74) is 5.88. The molecule has 0 aliphatic heterocycles. The van der Waals surface area contributed by atoms with Crippen LogP contribution in [-0.4, -0.2) is 49.6 Å². The average molecular weight is 270 g/mol. The second kappa shape index (κ2) is 8.28. The number of aromatic nitrogens is 1. The van der Waals surface area contributed by atoms with E-state index in [9.17, 15) is 4.79 Å². The molecular weight excluding hydrogens is 252 g/mol. The maximum absolute atomic E-state index is 10.7. The van der Waals surface area contributed by atoms with E-state index in [0.29, 0.717) is 32.8 Å². The molecule has 0 amide bonds. The molecule has 0 fully saturated rings. The highest BCUT2D eigenvalue weighted by atomic mass is 16.5. The molecule has 0 aliphatic carbocycles. The van der Waals surface area contributed by atoms with Crippen molar-refractivity contribution in [3.63, 3.8) is 0 Å². The topological polar surface area (TPSA) is 104 Å². The molecule has 1 aromatic heterocycles. The minimum Gasteiger partial charge on any atom is -0.478 e. The molecule has 0 bridgehead atoms. The van der Waals surface area contributed by atoms with Crippen LogP contribution in [0.4, 0.5) is 5.69 Å². The van der Waals surface area contributed by atoms with E-state index < -0.39 is 5.97 Å². The minimum absolute atomic E-state index is 0.0350. The average Bonchev–Trinajstić information content (AvgIpc) is 2.39. The van der Waals surface area contributed by atoms with Gasteiger partial charge in [0, 0.05) is 26.3 Å². The largest absolute Gasteiger partial charge is 0.478 e. The number of aromatic carboxylic acids is 1. The first-order valence-electron chi connectivity index (χ1n) is 5.83. The van der Waals surface area contributed by atoms with Crippen LogP contribution in [0.15, 0.2) is 12.3 Å². The third-order valence-corrected chi connectivity index (χ3v) is 2.23. The molecule has 1 rings (SSSR count). The number of methoxy groups -OCH3 is 1. The monoisotopic (exact) mass is 270 g/mol. The van der Waals surface area contributed by atoms with Crippen molar-refractivity contribution < 1.29 is 24.1 Å². The third kappa shape index (κ3) is 5.54. The summed E-state index contributed by atoms with van der Waals surface area (Å²) in [6, 6.07) is 1.32. The zero-order chi connectivity index (χ0) is 14.1. The SMILES string of the molecule is COCCOCCCOc1ncc(C(=O)O)cc1N. The number of pyridine rings is 1. The maximum Gasteiger partial charge on any atom is 0.337 e. The number of nitrogens with zero attached hydrogens (tertiary/aromatic N) is 1. The molecule has 1 aromatic rings. The zero-order valence-corrected chi connectivity index (χ0v) is 10.8. The summed E-state index contributed by atoms with van der Waals surface area (Å²) in [7, 11) is 1.61. The molecule has 0 aromatic carbocycles. The van der Waals surface area contributed by atoms with Crippen molar-refractivity contribution in [3.05, 3.63) is 17.8 Å². The van der Waals surface area contributed by atoms with Gasteiger partial charge in [-0.1, -0.05) is 0 Å². The van der Waals surface area contributed by atoms with E-state index in [1.54, 1.807) is 7.11 Å². The third-order valence-electron chi connectivity index (χ3n) is 2.23. The van der Waals surface area contributed by atoms with Crippen LogP contribution in [0.2, 0.25) is 0 Å². The summed E-state index contributed by atoms with van der Waals surface area (Å²) >= 11 is 0. The van der Waals surface area contributed by atoms with Gasteiger partial charge in [-0.2, -0.15) is 0 Å². The van der Waals surface area contributed by atoms with Crippen molar-refractivity contribution in [2.24, 2.45) is 0 Å². The minimum atomic E-state index is -1.07. The fraction of sp³-hybridized carbons (Fsp3) is 0.500. The van der Waals surface area contributed by atoms with E-state index in [-0.39, 0.29) is 17.1 Å². The number of carboxylic acids is 1. The first-order chi connectivity index (χ1) is 9.15. The van der Waals surface area contributed by atoms with E-state index in [4.69, 9.17) is 25.1 Å². The Bertz CT molecular complexity index is 411. The van der Waals surface area contributed by atoms with Gasteiger partial charge in [-0.15, -0.1) is 0 Å². The van der Waals surface area contributed by atoms with E-state index >= 15 is 0 Å². The van der Waals surface area contributed by atoms with Crippen molar-refractivity contribution in [3.8, 4) is 5.88 Å². The van der Waals surface area contributed by atoms with E-state index in [2.05, 4.69) is 4.98 Å². The van der Waals surface area contributed by atoms with Crippen molar-refractivity contribution >= 4 is 11.7 Å². The van der Waals surface area contributed by atoms with Crippen LogP contribution in [0.1, 0.15) is 16.8 Å². The number of ether oxygens (including phenoxy) is 3. The Hall–Kier alpha value is -1.86. The van der Waals surface area contributed by atoms with Gasteiger partial charge in [0.1, 0.15) is 0 Å². The Morgan fingerprint density at radius 1 is 1.37 bits per heavy atom. The van der Waals surface area contributed by atoms with Crippen molar-refractivity contribution in [2.75, 3.05) is 39.3 Å². The van der Waals surface area contributed by atoms with Crippen LogP contribution >= 0.6 is 0 Å². The van der Waals surface area contributed by atoms with Gasteiger partial charge in [-0.25, -0.2) is 9.78 Å². The van der Waals surface area contributed by atoms with Crippen LogP contribution in [-0.2, 0) is 9.47 Å².